The first-order valence-corrected chi connectivity index (χ1v) is 9.67. The Bertz CT molecular complexity index is 840. The van der Waals surface area contributed by atoms with Crippen LogP contribution in [-0.2, 0) is 11.2 Å². The fourth-order valence-corrected chi connectivity index (χ4v) is 3.32. The number of hydrogen-bond acceptors (Lipinski definition) is 2. The van der Waals surface area contributed by atoms with Gasteiger partial charge >= 0.3 is 0 Å². The van der Waals surface area contributed by atoms with Crippen molar-refractivity contribution in [3.8, 4) is 0 Å². The summed E-state index contributed by atoms with van der Waals surface area (Å²) in [6, 6.07) is 11.1. The van der Waals surface area contributed by atoms with Crippen molar-refractivity contribution in [1.29, 1.82) is 0 Å². The van der Waals surface area contributed by atoms with Crippen molar-refractivity contribution in [3.63, 3.8) is 0 Å². The van der Waals surface area contributed by atoms with E-state index in [2.05, 4.69) is 46.2 Å². The lowest BCUT2D eigenvalue weighted by molar-refractivity contribution is -0.115. The van der Waals surface area contributed by atoms with Crippen LogP contribution in [0.25, 0.3) is 6.08 Å². The quantitative estimate of drug-likeness (QED) is 0.319. The summed E-state index contributed by atoms with van der Waals surface area (Å²) in [6.07, 6.45) is 3.85. The van der Waals surface area contributed by atoms with Crippen molar-refractivity contribution in [1.82, 2.24) is 5.32 Å². The first-order chi connectivity index (χ1) is 11.9. The number of aryl methyl sites for hydroxylation is 1. The van der Waals surface area contributed by atoms with Crippen LogP contribution >= 0.6 is 58.0 Å². The predicted molar refractivity (Wildman–Crippen MR) is 118 cm³/mol. The highest BCUT2D eigenvalue weighted by Crippen LogP contribution is 2.22. The molecule has 0 heterocycles. The maximum absolute atomic E-state index is 12.0. The minimum Gasteiger partial charge on any atom is -0.332 e. The molecule has 0 aliphatic carbocycles. The Morgan fingerprint density at radius 3 is 2.68 bits per heavy atom. The van der Waals surface area contributed by atoms with Crippen LogP contribution in [0.1, 0.15) is 18.1 Å². The maximum atomic E-state index is 12.0. The molecular formula is C18H15Cl2IN2OS. The number of thiocarbonyl (C=S) groups is 1. The number of hydrogen-bond donors (Lipinski definition) is 2. The Labute approximate surface area is 175 Å². The maximum Gasteiger partial charge on any atom is 0.250 e. The Hall–Kier alpha value is -1.15. The minimum atomic E-state index is -0.341. The van der Waals surface area contributed by atoms with E-state index in [1.54, 1.807) is 24.3 Å². The Morgan fingerprint density at radius 2 is 2.00 bits per heavy atom. The zero-order valence-corrected chi connectivity index (χ0v) is 17.8. The van der Waals surface area contributed by atoms with Gasteiger partial charge in [-0.2, -0.15) is 0 Å². The first-order valence-electron chi connectivity index (χ1n) is 7.42. The molecule has 1 amide bonds. The summed E-state index contributed by atoms with van der Waals surface area (Å²) in [5.41, 5.74) is 2.72. The summed E-state index contributed by atoms with van der Waals surface area (Å²) in [5.74, 6) is -0.341. The molecule has 0 unspecified atom stereocenters. The molecule has 0 bridgehead atoms. The lowest BCUT2D eigenvalue weighted by Crippen LogP contribution is -2.33. The van der Waals surface area contributed by atoms with Crippen LogP contribution in [0, 0.1) is 3.57 Å². The van der Waals surface area contributed by atoms with E-state index < -0.39 is 0 Å². The highest BCUT2D eigenvalue weighted by Gasteiger charge is 2.06. The van der Waals surface area contributed by atoms with Gasteiger partial charge in [-0.05, 0) is 88.8 Å². The van der Waals surface area contributed by atoms with Crippen molar-refractivity contribution in [2.75, 3.05) is 5.32 Å². The molecular weight excluding hydrogens is 490 g/mol. The van der Waals surface area contributed by atoms with Crippen LogP contribution in [0.15, 0.2) is 42.5 Å². The number of carbonyl (C=O) groups excluding carboxylic acids is 1. The monoisotopic (exact) mass is 504 g/mol. The lowest BCUT2D eigenvalue weighted by atomic mass is 10.1. The average Bonchev–Trinajstić information content (AvgIpc) is 2.55. The SMILES string of the molecule is CCc1cc(I)ccc1NC(=S)NC(=O)/C=C/c1ccc(Cl)cc1Cl. The van der Waals surface area contributed by atoms with E-state index in [1.807, 2.05) is 12.1 Å². The van der Waals surface area contributed by atoms with Gasteiger partial charge in [0.25, 0.3) is 0 Å². The number of anilines is 1. The number of benzene rings is 2. The Balaban J connectivity index is 1.98. The molecule has 2 rings (SSSR count). The molecule has 3 nitrogen and oxygen atoms in total. The van der Waals surface area contributed by atoms with E-state index in [-0.39, 0.29) is 11.0 Å². The van der Waals surface area contributed by atoms with Crippen molar-refractivity contribution in [2.24, 2.45) is 0 Å². The fourth-order valence-electron chi connectivity index (χ4n) is 2.09. The zero-order chi connectivity index (χ0) is 18.4. The Kier molecular flexibility index (Phi) is 7.68. The van der Waals surface area contributed by atoms with E-state index in [1.165, 1.54) is 6.08 Å². The van der Waals surface area contributed by atoms with Crippen molar-refractivity contribution in [3.05, 3.63) is 67.2 Å². The average molecular weight is 505 g/mol. The molecule has 0 aliphatic rings. The number of carbonyl (C=O) groups is 1. The van der Waals surface area contributed by atoms with Crippen molar-refractivity contribution in [2.45, 2.75) is 13.3 Å². The van der Waals surface area contributed by atoms with Crippen molar-refractivity contribution >= 4 is 80.8 Å². The third-order valence-electron chi connectivity index (χ3n) is 3.31. The summed E-state index contributed by atoms with van der Waals surface area (Å²) in [6.45, 7) is 2.07. The largest absolute Gasteiger partial charge is 0.332 e. The second kappa shape index (κ2) is 9.52. The van der Waals surface area contributed by atoms with Gasteiger partial charge in [0.2, 0.25) is 5.91 Å². The molecule has 130 valence electrons. The van der Waals surface area contributed by atoms with Crippen LogP contribution in [0.3, 0.4) is 0 Å². The van der Waals surface area contributed by atoms with Gasteiger partial charge in [0.15, 0.2) is 5.11 Å². The highest BCUT2D eigenvalue weighted by atomic mass is 127. The van der Waals surface area contributed by atoms with Crippen LogP contribution in [0.5, 0.6) is 0 Å². The van der Waals surface area contributed by atoms with Gasteiger partial charge in [-0.15, -0.1) is 0 Å². The van der Waals surface area contributed by atoms with Gasteiger partial charge in [0, 0.05) is 25.4 Å². The molecule has 0 aromatic heterocycles. The zero-order valence-electron chi connectivity index (χ0n) is 13.3. The molecule has 2 aromatic carbocycles. The van der Waals surface area contributed by atoms with E-state index >= 15 is 0 Å². The lowest BCUT2D eigenvalue weighted by Gasteiger charge is -2.12. The topological polar surface area (TPSA) is 41.1 Å². The third kappa shape index (κ3) is 6.26. The summed E-state index contributed by atoms with van der Waals surface area (Å²) in [4.78, 5) is 12.0. The predicted octanol–water partition coefficient (Wildman–Crippen LogP) is 5.69. The van der Waals surface area contributed by atoms with Gasteiger partial charge in [-0.3, -0.25) is 10.1 Å². The molecule has 2 aromatic rings. The number of amides is 1. The van der Waals surface area contributed by atoms with E-state index in [4.69, 9.17) is 35.4 Å². The summed E-state index contributed by atoms with van der Waals surface area (Å²) < 4.78 is 1.15. The molecule has 0 aliphatic heterocycles. The highest BCUT2D eigenvalue weighted by molar-refractivity contribution is 14.1. The Morgan fingerprint density at radius 1 is 1.24 bits per heavy atom. The number of halogens is 3. The fraction of sp³-hybridized carbons (Fsp3) is 0.111. The van der Waals surface area contributed by atoms with Gasteiger partial charge < -0.3 is 5.32 Å². The van der Waals surface area contributed by atoms with Crippen LogP contribution in [-0.4, -0.2) is 11.0 Å². The minimum absolute atomic E-state index is 0.243. The van der Waals surface area contributed by atoms with E-state index in [0.717, 1.165) is 21.2 Å². The molecule has 0 radical (unpaired) electrons. The normalized spacial score (nSPS) is 10.7. The van der Waals surface area contributed by atoms with Crippen LogP contribution in [0.4, 0.5) is 5.69 Å². The van der Waals surface area contributed by atoms with Crippen LogP contribution < -0.4 is 10.6 Å². The molecule has 0 spiro atoms. The molecule has 0 saturated heterocycles. The molecule has 0 atom stereocenters. The molecule has 2 N–H and O–H groups in total. The van der Waals surface area contributed by atoms with Crippen LogP contribution in [0.2, 0.25) is 10.0 Å². The molecule has 0 fully saturated rings. The molecule has 25 heavy (non-hydrogen) atoms. The molecule has 7 heteroatoms. The van der Waals surface area contributed by atoms with Gasteiger partial charge in [-0.25, -0.2) is 0 Å². The second-order valence-corrected chi connectivity index (χ2v) is 7.60. The first kappa shape index (κ1) is 20.2. The number of nitrogens with one attached hydrogen (secondary N) is 2. The van der Waals surface area contributed by atoms with Gasteiger partial charge in [0.05, 0.1) is 0 Å². The second-order valence-electron chi connectivity index (χ2n) is 5.10. The van der Waals surface area contributed by atoms with E-state index in [0.29, 0.717) is 15.6 Å². The van der Waals surface area contributed by atoms with Crippen molar-refractivity contribution < 1.29 is 4.79 Å². The summed E-state index contributed by atoms with van der Waals surface area (Å²) in [5, 5.41) is 6.94. The third-order valence-corrected chi connectivity index (χ3v) is 4.75. The summed E-state index contributed by atoms with van der Waals surface area (Å²) >= 11 is 19.4. The van der Waals surface area contributed by atoms with E-state index in [9.17, 15) is 4.79 Å². The van der Waals surface area contributed by atoms with Gasteiger partial charge in [0.1, 0.15) is 0 Å². The summed E-state index contributed by atoms with van der Waals surface area (Å²) in [7, 11) is 0. The van der Waals surface area contributed by atoms with Gasteiger partial charge in [-0.1, -0.05) is 36.2 Å². The smallest absolute Gasteiger partial charge is 0.250 e. The standard InChI is InChI=1S/C18H15Cl2IN2OS/c1-2-11-9-14(21)6-7-16(11)22-18(25)23-17(24)8-4-12-3-5-13(19)10-15(12)20/h3-10H,2H2,1H3,(H2,22,23,24,25)/b8-4+. The molecule has 0 saturated carbocycles. The number of rotatable bonds is 4.